The Morgan fingerprint density at radius 1 is 1.27 bits per heavy atom. The molecule has 0 bridgehead atoms. The van der Waals surface area contributed by atoms with E-state index in [1.807, 2.05) is 39.1 Å². The Labute approximate surface area is 314 Å². The number of nitrogens with one attached hydrogen (secondary N) is 1. The van der Waals surface area contributed by atoms with Crippen LogP contribution in [0.2, 0.25) is 5.02 Å². The SMILES string of the molecule is C#CN.C=Cc1cc(C=NCCCF)c(N)c(OC2CC2)c1.CC.CCC(C)c1cc(C(CNC)C2(F)CC2)nc(-c2ccnc(OC)c2Cl)c1C. The molecule has 52 heavy (non-hydrogen) atoms. The Morgan fingerprint density at radius 2 is 1.94 bits per heavy atom. The molecule has 8 nitrogen and oxygen atoms in total. The number of ether oxygens (including phenoxy) is 2. The van der Waals surface area contributed by atoms with Crippen LogP contribution in [-0.4, -0.2) is 61.9 Å². The van der Waals surface area contributed by atoms with Crippen LogP contribution >= 0.6 is 11.6 Å². The fourth-order valence-corrected chi connectivity index (χ4v) is 5.75. The van der Waals surface area contributed by atoms with E-state index in [-0.39, 0.29) is 12.6 Å². The van der Waals surface area contributed by atoms with E-state index in [4.69, 9.17) is 31.8 Å². The summed E-state index contributed by atoms with van der Waals surface area (Å²) in [5.74, 6) is 1.12. The van der Waals surface area contributed by atoms with Gasteiger partial charge in [0.2, 0.25) is 5.88 Å². The molecule has 11 heteroatoms. The smallest absolute Gasteiger partial charge is 0.232 e. The number of hydrogen-bond donors (Lipinski definition) is 3. The highest BCUT2D eigenvalue weighted by Gasteiger charge is 2.51. The van der Waals surface area contributed by atoms with Crippen molar-refractivity contribution < 1.29 is 18.3 Å². The maximum absolute atomic E-state index is 15.1. The number of terminal acetylenes is 1. The number of hydrogen-bond acceptors (Lipinski definition) is 8. The summed E-state index contributed by atoms with van der Waals surface area (Å²) in [6.45, 7) is 14.8. The normalized spacial score (nSPS) is 14.9. The number of alkyl halides is 2. The number of aromatic nitrogens is 2. The minimum atomic E-state index is -1.17. The fourth-order valence-electron chi connectivity index (χ4n) is 5.47. The van der Waals surface area contributed by atoms with Crippen molar-refractivity contribution in [3.05, 3.63) is 70.0 Å². The van der Waals surface area contributed by atoms with Gasteiger partial charge in [0.1, 0.15) is 16.4 Å². The van der Waals surface area contributed by atoms with Gasteiger partial charge in [-0.3, -0.25) is 14.4 Å². The van der Waals surface area contributed by atoms with E-state index < -0.39 is 5.67 Å². The zero-order valence-corrected chi connectivity index (χ0v) is 32.6. The summed E-state index contributed by atoms with van der Waals surface area (Å²) in [4.78, 5) is 13.3. The summed E-state index contributed by atoms with van der Waals surface area (Å²) in [5.41, 5.74) is 16.2. The van der Waals surface area contributed by atoms with Crippen molar-refractivity contribution in [3.8, 4) is 35.4 Å². The molecule has 0 radical (unpaired) electrons. The standard InChI is InChI=1S/C22H29ClFN3O.C15H19FN2O.C2H3N.C2H6/c1-6-13(2)16-11-18(17(12-25-4)22(24)8-9-22)27-20(14(16)3)15-7-10-26-21(28-5)19(15)23;1-2-11-8-12(10-18-7-3-6-16)15(17)14(9-11)19-13-4-5-13;1-2-3;1-2/h7,10-11,13,17,25H,6,8-9,12H2,1-5H3;2,8-10,13H,1,3-7,17H2;1H,3H2;1-2H3. The summed E-state index contributed by atoms with van der Waals surface area (Å²) < 4.78 is 38.2. The fraction of sp³-hybridized carbons (Fsp3) is 0.488. The Bertz CT molecular complexity index is 1650. The third-order valence-corrected chi connectivity index (χ3v) is 9.17. The minimum Gasteiger partial charge on any atom is -0.488 e. The van der Waals surface area contributed by atoms with Crippen molar-refractivity contribution in [3.63, 3.8) is 0 Å². The predicted octanol–water partition coefficient (Wildman–Crippen LogP) is 9.23. The van der Waals surface area contributed by atoms with Crippen LogP contribution in [0.3, 0.4) is 0 Å². The lowest BCUT2D eigenvalue weighted by Gasteiger charge is -2.24. The maximum atomic E-state index is 15.1. The summed E-state index contributed by atoms with van der Waals surface area (Å²) in [5, 5.41) is 3.57. The zero-order chi connectivity index (χ0) is 38.8. The number of methoxy groups -OCH3 is 1. The highest BCUT2D eigenvalue weighted by Crippen LogP contribution is 2.51. The summed E-state index contributed by atoms with van der Waals surface area (Å²) in [7, 11) is 3.40. The first-order chi connectivity index (χ1) is 25.0. The zero-order valence-electron chi connectivity index (χ0n) is 31.9. The average Bonchev–Trinajstić information content (AvgIpc) is 4.10. The molecule has 2 fully saturated rings. The lowest BCUT2D eigenvalue weighted by Crippen LogP contribution is -2.28. The largest absolute Gasteiger partial charge is 0.488 e. The highest BCUT2D eigenvalue weighted by molar-refractivity contribution is 6.34. The molecule has 5 N–H and O–H groups in total. The lowest BCUT2D eigenvalue weighted by molar-refractivity contribution is 0.249. The van der Waals surface area contributed by atoms with Gasteiger partial charge in [0.05, 0.1) is 31.3 Å². The lowest BCUT2D eigenvalue weighted by atomic mass is 9.88. The molecular formula is C41H57ClF2N6O2. The van der Waals surface area contributed by atoms with Gasteiger partial charge in [-0.05, 0) is 105 Å². The van der Waals surface area contributed by atoms with Crippen LogP contribution in [0.25, 0.3) is 17.3 Å². The van der Waals surface area contributed by atoms with Gasteiger partial charge in [-0.25, -0.2) is 9.37 Å². The first-order valence-corrected chi connectivity index (χ1v) is 18.4. The van der Waals surface area contributed by atoms with Crippen molar-refractivity contribution >= 4 is 29.6 Å². The van der Waals surface area contributed by atoms with Crippen LogP contribution in [0.15, 0.2) is 42.0 Å². The maximum Gasteiger partial charge on any atom is 0.232 e. The Kier molecular flexibility index (Phi) is 18.6. The number of anilines is 1. The second kappa shape index (κ2) is 22.0. The highest BCUT2D eigenvalue weighted by atomic mass is 35.5. The molecule has 284 valence electrons. The Balaban J connectivity index is 0.000000339. The van der Waals surface area contributed by atoms with Crippen LogP contribution in [0.4, 0.5) is 14.5 Å². The van der Waals surface area contributed by atoms with E-state index in [0.717, 1.165) is 52.9 Å². The number of aliphatic imine (C=N–C) groups is 1. The van der Waals surface area contributed by atoms with Gasteiger partial charge in [-0.15, -0.1) is 0 Å². The van der Waals surface area contributed by atoms with Crippen molar-refractivity contribution in [2.45, 2.75) is 96.8 Å². The molecule has 0 saturated heterocycles. The molecule has 2 aliphatic carbocycles. The molecule has 0 aliphatic heterocycles. The van der Waals surface area contributed by atoms with Crippen LogP contribution in [0, 0.1) is 19.4 Å². The molecule has 2 saturated carbocycles. The van der Waals surface area contributed by atoms with Gasteiger partial charge in [0.25, 0.3) is 0 Å². The molecule has 2 heterocycles. The summed E-state index contributed by atoms with van der Waals surface area (Å²) >= 11 is 6.56. The van der Waals surface area contributed by atoms with Crippen LogP contribution in [-0.2, 0) is 0 Å². The average molecular weight is 739 g/mol. The monoisotopic (exact) mass is 738 g/mol. The van der Waals surface area contributed by atoms with Crippen LogP contribution in [0.5, 0.6) is 11.6 Å². The van der Waals surface area contributed by atoms with Gasteiger partial charge in [-0.1, -0.05) is 58.4 Å². The molecular weight excluding hydrogens is 682 g/mol. The Hall–Kier alpha value is -4.20. The van der Waals surface area contributed by atoms with Crippen LogP contribution < -0.4 is 26.3 Å². The van der Waals surface area contributed by atoms with Gasteiger partial charge in [-0.2, -0.15) is 0 Å². The van der Waals surface area contributed by atoms with Gasteiger partial charge in [0, 0.05) is 48.2 Å². The third-order valence-electron chi connectivity index (χ3n) is 8.80. The molecule has 2 aromatic heterocycles. The molecule has 1 aromatic carbocycles. The predicted molar refractivity (Wildman–Crippen MR) is 214 cm³/mol. The number of halogens is 3. The van der Waals surface area contributed by atoms with E-state index >= 15 is 4.39 Å². The molecule has 3 aromatic rings. The third kappa shape index (κ3) is 12.2. The van der Waals surface area contributed by atoms with E-state index in [0.29, 0.717) is 66.7 Å². The summed E-state index contributed by atoms with van der Waals surface area (Å²) in [6, 6.07) is 9.49. The number of rotatable bonds is 15. The van der Waals surface area contributed by atoms with Gasteiger partial charge < -0.3 is 26.3 Å². The Morgan fingerprint density at radius 3 is 2.48 bits per heavy atom. The molecule has 0 amide bonds. The first kappa shape index (κ1) is 44.0. The first-order valence-electron chi connectivity index (χ1n) is 18.0. The molecule has 2 aliphatic rings. The number of benzene rings is 1. The van der Waals surface area contributed by atoms with Gasteiger partial charge >= 0.3 is 0 Å². The van der Waals surface area contributed by atoms with Gasteiger partial charge in [0.15, 0.2) is 0 Å². The summed E-state index contributed by atoms with van der Waals surface area (Å²) in [6.07, 6.45) is 14.5. The van der Waals surface area contributed by atoms with E-state index in [1.54, 1.807) is 31.6 Å². The van der Waals surface area contributed by atoms with Crippen molar-refractivity contribution in [2.24, 2.45) is 10.7 Å². The topological polar surface area (TPSA) is 121 Å². The van der Waals surface area contributed by atoms with Crippen molar-refractivity contribution in [1.29, 1.82) is 0 Å². The quantitative estimate of drug-likeness (QED) is 0.0468. The molecule has 5 rings (SSSR count). The number of nitrogen functional groups attached to an aromatic ring is 1. The van der Waals surface area contributed by atoms with Crippen LogP contribution in [0.1, 0.15) is 106 Å². The molecule has 0 spiro atoms. The number of likely N-dealkylation sites (N-methyl/N-ethyl adjacent to an activating group) is 1. The molecule has 2 unspecified atom stereocenters. The van der Waals surface area contributed by atoms with E-state index in [9.17, 15) is 4.39 Å². The molecule has 2 atom stereocenters. The van der Waals surface area contributed by atoms with Crippen molar-refractivity contribution in [2.75, 3.05) is 39.7 Å². The number of nitrogens with zero attached hydrogens (tertiary/aromatic N) is 3. The number of nitrogens with two attached hydrogens (primary N) is 2. The van der Waals surface area contributed by atoms with Crippen molar-refractivity contribution in [1.82, 2.24) is 15.3 Å². The second-order valence-electron chi connectivity index (χ2n) is 12.5. The van der Waals surface area contributed by atoms with E-state index in [1.165, 1.54) is 5.56 Å². The number of pyridine rings is 2. The second-order valence-corrected chi connectivity index (χ2v) is 12.9. The minimum absolute atomic E-state index is 0.276. The van der Waals surface area contributed by atoms with E-state index in [2.05, 4.69) is 60.9 Å².